The average molecular weight is 408 g/mol. The predicted molar refractivity (Wildman–Crippen MR) is 110 cm³/mol. The van der Waals surface area contributed by atoms with Crippen molar-refractivity contribution >= 4 is 17.5 Å². The Balaban J connectivity index is 1.58. The molecular formula is C21H18ClN5O2. The van der Waals surface area contributed by atoms with Crippen molar-refractivity contribution in [1.82, 2.24) is 24.6 Å². The summed E-state index contributed by atoms with van der Waals surface area (Å²) in [6.07, 6.45) is 8.91. The number of halogens is 1. The first kappa shape index (κ1) is 18.8. The Bertz CT molecular complexity index is 1120. The van der Waals surface area contributed by atoms with Crippen molar-refractivity contribution in [2.75, 3.05) is 7.11 Å². The van der Waals surface area contributed by atoms with Crippen LogP contribution in [0.15, 0.2) is 73.4 Å². The highest BCUT2D eigenvalue weighted by molar-refractivity contribution is 6.33. The van der Waals surface area contributed by atoms with Gasteiger partial charge in [0.05, 0.1) is 23.4 Å². The lowest BCUT2D eigenvalue weighted by molar-refractivity contribution is 0.0948. The van der Waals surface area contributed by atoms with Crippen LogP contribution >= 0.6 is 11.6 Å². The van der Waals surface area contributed by atoms with Gasteiger partial charge < -0.3 is 14.6 Å². The van der Waals surface area contributed by atoms with Crippen LogP contribution in [-0.2, 0) is 6.54 Å². The van der Waals surface area contributed by atoms with Gasteiger partial charge in [-0.3, -0.25) is 4.79 Å². The van der Waals surface area contributed by atoms with Gasteiger partial charge in [0.1, 0.15) is 5.75 Å². The molecule has 146 valence electrons. The van der Waals surface area contributed by atoms with Crippen LogP contribution < -0.4 is 10.1 Å². The second-order valence-corrected chi connectivity index (χ2v) is 6.62. The van der Waals surface area contributed by atoms with E-state index in [1.165, 1.54) is 7.11 Å². The maximum absolute atomic E-state index is 12.8. The summed E-state index contributed by atoms with van der Waals surface area (Å²) >= 11 is 6.43. The van der Waals surface area contributed by atoms with E-state index in [1.807, 2.05) is 47.3 Å². The Morgan fingerprint density at radius 1 is 1.14 bits per heavy atom. The van der Waals surface area contributed by atoms with Gasteiger partial charge in [-0.15, -0.1) is 0 Å². The van der Waals surface area contributed by atoms with Crippen molar-refractivity contribution in [3.63, 3.8) is 0 Å². The van der Waals surface area contributed by atoms with Gasteiger partial charge in [0.25, 0.3) is 5.91 Å². The first-order valence-corrected chi connectivity index (χ1v) is 9.28. The van der Waals surface area contributed by atoms with E-state index in [4.69, 9.17) is 16.3 Å². The second kappa shape index (κ2) is 8.20. The van der Waals surface area contributed by atoms with E-state index >= 15 is 0 Å². The highest BCUT2D eigenvalue weighted by atomic mass is 35.5. The van der Waals surface area contributed by atoms with Gasteiger partial charge in [0.15, 0.2) is 5.82 Å². The fourth-order valence-electron chi connectivity index (χ4n) is 3.02. The molecule has 1 aromatic carbocycles. The van der Waals surface area contributed by atoms with Crippen molar-refractivity contribution in [3.8, 4) is 17.3 Å². The lowest BCUT2D eigenvalue weighted by Gasteiger charge is -2.14. The van der Waals surface area contributed by atoms with Crippen LogP contribution in [0.3, 0.4) is 0 Å². The van der Waals surface area contributed by atoms with Crippen molar-refractivity contribution in [3.05, 3.63) is 89.6 Å². The zero-order valence-electron chi connectivity index (χ0n) is 15.6. The topological polar surface area (TPSA) is 74.0 Å². The number of nitrogens with one attached hydrogen (secondary N) is 1. The van der Waals surface area contributed by atoms with Crippen LogP contribution in [0.5, 0.6) is 5.75 Å². The number of hydrogen-bond acceptors (Lipinski definition) is 4. The molecule has 3 aromatic heterocycles. The third kappa shape index (κ3) is 3.86. The zero-order chi connectivity index (χ0) is 20.2. The quantitative estimate of drug-likeness (QED) is 0.529. The largest absolute Gasteiger partial charge is 0.496 e. The highest BCUT2D eigenvalue weighted by Gasteiger charge is 2.17. The molecule has 4 rings (SSSR count). The van der Waals surface area contributed by atoms with Gasteiger partial charge in [-0.1, -0.05) is 17.7 Å². The Kier molecular flexibility index (Phi) is 5.31. The van der Waals surface area contributed by atoms with Crippen LogP contribution in [0.4, 0.5) is 0 Å². The average Bonchev–Trinajstić information content (AvgIpc) is 3.46. The van der Waals surface area contributed by atoms with Crippen molar-refractivity contribution < 1.29 is 9.53 Å². The minimum absolute atomic E-state index is 0.280. The smallest absolute Gasteiger partial charge is 0.255 e. The summed E-state index contributed by atoms with van der Waals surface area (Å²) in [5.74, 6) is 0.804. The predicted octanol–water partition coefficient (Wildman–Crippen LogP) is 3.65. The number of ether oxygens (including phenoxy) is 1. The molecule has 1 amide bonds. The van der Waals surface area contributed by atoms with Crippen molar-refractivity contribution in [2.24, 2.45) is 0 Å². The van der Waals surface area contributed by atoms with Gasteiger partial charge in [0, 0.05) is 49.2 Å². The number of pyridine rings is 1. The number of carbonyl (C=O) groups excluding carboxylic acids is 1. The number of hydrogen-bond donors (Lipinski definition) is 1. The Morgan fingerprint density at radius 3 is 2.69 bits per heavy atom. The van der Waals surface area contributed by atoms with E-state index in [0.29, 0.717) is 22.2 Å². The normalized spacial score (nSPS) is 10.7. The molecule has 0 fully saturated rings. The lowest BCUT2D eigenvalue weighted by Crippen LogP contribution is -2.24. The van der Waals surface area contributed by atoms with E-state index in [0.717, 1.165) is 11.3 Å². The minimum Gasteiger partial charge on any atom is -0.496 e. The molecule has 4 aromatic rings. The van der Waals surface area contributed by atoms with E-state index < -0.39 is 0 Å². The number of carbonyl (C=O) groups is 1. The molecule has 0 unspecified atom stereocenters. The SMILES string of the molecule is COc1cc(-n2cccc2)c(Cl)cc1C(=O)NCc1cccnc1-n1cccn1. The summed E-state index contributed by atoms with van der Waals surface area (Å²) in [7, 11) is 1.52. The molecular weight excluding hydrogens is 390 g/mol. The third-order valence-electron chi connectivity index (χ3n) is 4.42. The molecule has 0 aliphatic carbocycles. The Hall–Kier alpha value is -3.58. The molecule has 3 heterocycles. The summed E-state index contributed by atoms with van der Waals surface area (Å²) < 4.78 is 8.95. The summed E-state index contributed by atoms with van der Waals surface area (Å²) in [5.41, 5.74) is 1.93. The summed E-state index contributed by atoms with van der Waals surface area (Å²) in [6, 6.07) is 12.7. The number of rotatable bonds is 6. The number of methoxy groups -OCH3 is 1. The van der Waals surface area contributed by atoms with Gasteiger partial charge in [0.2, 0.25) is 0 Å². The summed E-state index contributed by atoms with van der Waals surface area (Å²) in [6.45, 7) is 0.280. The van der Waals surface area contributed by atoms with Gasteiger partial charge in [-0.25, -0.2) is 9.67 Å². The Labute approximate surface area is 172 Å². The molecule has 7 nitrogen and oxygen atoms in total. The Morgan fingerprint density at radius 2 is 1.97 bits per heavy atom. The van der Waals surface area contributed by atoms with Crippen LogP contribution in [0.2, 0.25) is 5.02 Å². The van der Waals surface area contributed by atoms with Crippen LogP contribution in [0, 0.1) is 0 Å². The van der Waals surface area contributed by atoms with Crippen LogP contribution in [0.1, 0.15) is 15.9 Å². The zero-order valence-corrected chi connectivity index (χ0v) is 16.4. The van der Waals surface area contributed by atoms with Gasteiger partial charge >= 0.3 is 0 Å². The van der Waals surface area contributed by atoms with Gasteiger partial charge in [-0.2, -0.15) is 5.10 Å². The first-order chi connectivity index (χ1) is 14.2. The molecule has 29 heavy (non-hydrogen) atoms. The highest BCUT2D eigenvalue weighted by Crippen LogP contribution is 2.30. The molecule has 0 saturated carbocycles. The van der Waals surface area contributed by atoms with E-state index in [9.17, 15) is 4.79 Å². The van der Waals surface area contributed by atoms with Crippen LogP contribution in [-0.4, -0.2) is 32.3 Å². The van der Waals surface area contributed by atoms with Crippen molar-refractivity contribution in [1.29, 1.82) is 0 Å². The van der Waals surface area contributed by atoms with E-state index in [-0.39, 0.29) is 12.5 Å². The van der Waals surface area contributed by atoms with Gasteiger partial charge in [-0.05, 0) is 30.3 Å². The molecule has 0 aliphatic heterocycles. The second-order valence-electron chi connectivity index (χ2n) is 6.21. The number of nitrogens with zero attached hydrogens (tertiary/aromatic N) is 4. The third-order valence-corrected chi connectivity index (χ3v) is 4.73. The maximum atomic E-state index is 12.8. The molecule has 8 heteroatoms. The minimum atomic E-state index is -0.293. The van der Waals surface area contributed by atoms with Crippen molar-refractivity contribution in [2.45, 2.75) is 6.54 Å². The lowest BCUT2D eigenvalue weighted by atomic mass is 10.1. The maximum Gasteiger partial charge on any atom is 0.255 e. The van der Waals surface area contributed by atoms with E-state index in [2.05, 4.69) is 15.4 Å². The molecule has 0 radical (unpaired) electrons. The molecule has 0 atom stereocenters. The van der Waals surface area contributed by atoms with E-state index in [1.54, 1.807) is 35.4 Å². The molecule has 0 bridgehead atoms. The monoisotopic (exact) mass is 407 g/mol. The molecule has 0 saturated heterocycles. The van der Waals surface area contributed by atoms with Crippen LogP contribution in [0.25, 0.3) is 11.5 Å². The number of benzene rings is 1. The summed E-state index contributed by atoms with van der Waals surface area (Å²) in [5, 5.41) is 7.57. The molecule has 0 spiro atoms. The number of aromatic nitrogens is 4. The fraction of sp³-hybridized carbons (Fsp3) is 0.0952. The first-order valence-electron chi connectivity index (χ1n) is 8.90. The molecule has 0 aliphatic rings. The standard InChI is InChI=1S/C21H18ClN5O2/c1-29-19-13-18(26-9-2-3-10-26)17(22)12-16(19)21(28)24-14-15-6-4-7-23-20(15)27-11-5-8-25-27/h2-13H,14H2,1H3,(H,24,28). The number of amides is 1. The summed E-state index contributed by atoms with van der Waals surface area (Å²) in [4.78, 5) is 17.2. The fourth-order valence-corrected chi connectivity index (χ4v) is 3.28. The molecule has 1 N–H and O–H groups in total.